The molecule has 0 unspecified atom stereocenters. The number of esters is 1. The van der Waals surface area contributed by atoms with Crippen molar-refractivity contribution in [3.8, 4) is 6.07 Å². The van der Waals surface area contributed by atoms with Crippen LogP contribution in [0.5, 0.6) is 0 Å². The first-order valence-corrected chi connectivity index (χ1v) is 4.83. The highest BCUT2D eigenvalue weighted by molar-refractivity contribution is 5.92. The molecule has 0 bridgehead atoms. The fraction of sp³-hybridized carbons (Fsp3) is 0.273. The molecule has 0 saturated carbocycles. The smallest absolute Gasteiger partial charge is 0.417 e. The van der Waals surface area contributed by atoms with E-state index < -0.39 is 40.6 Å². The first kappa shape index (κ1) is 15.8. The summed E-state index contributed by atoms with van der Waals surface area (Å²) < 4.78 is 80.0. The highest BCUT2D eigenvalue weighted by atomic mass is 19.4. The summed E-state index contributed by atoms with van der Waals surface area (Å²) in [6, 6.07) is 0.973. The third kappa shape index (κ3) is 3.01. The average Bonchev–Trinajstić information content (AvgIpc) is 2.34. The van der Waals surface area contributed by atoms with Gasteiger partial charge in [0.05, 0.1) is 35.4 Å². The van der Waals surface area contributed by atoms with E-state index in [2.05, 4.69) is 4.74 Å². The predicted molar refractivity (Wildman–Crippen MR) is 52.5 cm³/mol. The van der Waals surface area contributed by atoms with Crippen LogP contribution in [0.4, 0.5) is 26.3 Å². The largest absolute Gasteiger partial charge is 0.465 e. The number of carbonyl (C=O) groups excluding carboxylic acids is 1. The summed E-state index contributed by atoms with van der Waals surface area (Å²) in [6.07, 6.45) is -10.2. The van der Waals surface area contributed by atoms with Gasteiger partial charge in [-0.25, -0.2) is 4.79 Å². The second-order valence-corrected chi connectivity index (χ2v) is 3.54. The number of alkyl halides is 6. The number of hydrogen-bond acceptors (Lipinski definition) is 3. The van der Waals surface area contributed by atoms with Crippen LogP contribution in [0.1, 0.15) is 27.0 Å². The van der Waals surface area contributed by atoms with Gasteiger partial charge in [-0.2, -0.15) is 31.6 Å². The van der Waals surface area contributed by atoms with Gasteiger partial charge in [0, 0.05) is 0 Å². The molecule has 0 radical (unpaired) electrons. The van der Waals surface area contributed by atoms with Gasteiger partial charge in [0.25, 0.3) is 0 Å². The monoisotopic (exact) mass is 297 g/mol. The first-order chi connectivity index (χ1) is 9.02. The zero-order chi connectivity index (χ0) is 15.7. The number of nitriles is 1. The van der Waals surface area contributed by atoms with E-state index in [4.69, 9.17) is 5.26 Å². The summed E-state index contributed by atoms with van der Waals surface area (Å²) in [4.78, 5) is 11.2. The summed E-state index contributed by atoms with van der Waals surface area (Å²) in [7, 11) is 0.730. The Balaban J connectivity index is 3.72. The number of ether oxygens (including phenoxy) is 1. The number of carbonyl (C=O) groups is 1. The van der Waals surface area contributed by atoms with Crippen LogP contribution in [0.25, 0.3) is 0 Å². The van der Waals surface area contributed by atoms with E-state index in [9.17, 15) is 31.1 Å². The molecule has 0 aliphatic carbocycles. The van der Waals surface area contributed by atoms with Crippen LogP contribution in [0.2, 0.25) is 0 Å². The third-order valence-corrected chi connectivity index (χ3v) is 2.29. The lowest BCUT2D eigenvalue weighted by molar-refractivity contribution is -0.141. The van der Waals surface area contributed by atoms with Gasteiger partial charge in [0.2, 0.25) is 0 Å². The molecule has 0 saturated heterocycles. The van der Waals surface area contributed by atoms with E-state index in [0.717, 1.165) is 13.2 Å². The zero-order valence-corrected chi connectivity index (χ0v) is 9.69. The Morgan fingerprint density at radius 1 is 1.10 bits per heavy atom. The van der Waals surface area contributed by atoms with Crippen molar-refractivity contribution in [3.63, 3.8) is 0 Å². The van der Waals surface area contributed by atoms with Crippen LogP contribution in [0.3, 0.4) is 0 Å². The SMILES string of the molecule is COC(=O)c1cc(C(F)(F)F)c(C#N)cc1C(F)(F)F. The molecule has 9 heteroatoms. The lowest BCUT2D eigenvalue weighted by atomic mass is 9.98. The quantitative estimate of drug-likeness (QED) is 0.590. The number of hydrogen-bond donors (Lipinski definition) is 0. The van der Waals surface area contributed by atoms with E-state index in [0.29, 0.717) is 0 Å². The summed E-state index contributed by atoms with van der Waals surface area (Å²) >= 11 is 0. The fourth-order valence-corrected chi connectivity index (χ4v) is 1.44. The van der Waals surface area contributed by atoms with Gasteiger partial charge in [-0.15, -0.1) is 0 Å². The summed E-state index contributed by atoms with van der Waals surface area (Å²) in [5.41, 5.74) is -5.81. The fourth-order valence-electron chi connectivity index (χ4n) is 1.44. The van der Waals surface area contributed by atoms with Crippen LogP contribution in [-0.4, -0.2) is 13.1 Å². The summed E-state index contributed by atoms with van der Waals surface area (Å²) in [5.74, 6) is -1.58. The maximum Gasteiger partial charge on any atom is 0.417 e. The van der Waals surface area contributed by atoms with Crippen LogP contribution in [-0.2, 0) is 17.1 Å². The molecule has 0 aromatic heterocycles. The normalized spacial score (nSPS) is 11.9. The molecule has 0 fully saturated rings. The molecule has 0 aliphatic rings. The van der Waals surface area contributed by atoms with E-state index in [1.807, 2.05) is 0 Å². The van der Waals surface area contributed by atoms with Crippen molar-refractivity contribution in [2.45, 2.75) is 12.4 Å². The molecular weight excluding hydrogens is 292 g/mol. The van der Waals surface area contributed by atoms with E-state index in [1.165, 1.54) is 0 Å². The molecule has 0 N–H and O–H groups in total. The number of nitrogens with zero attached hydrogens (tertiary/aromatic N) is 1. The molecule has 0 spiro atoms. The maximum atomic E-state index is 12.7. The Bertz CT molecular complexity index is 582. The lowest BCUT2D eigenvalue weighted by Crippen LogP contribution is -2.18. The topological polar surface area (TPSA) is 50.1 Å². The molecule has 0 heterocycles. The van der Waals surface area contributed by atoms with E-state index >= 15 is 0 Å². The zero-order valence-electron chi connectivity index (χ0n) is 9.69. The molecule has 1 rings (SSSR count). The van der Waals surface area contributed by atoms with Crippen LogP contribution < -0.4 is 0 Å². The van der Waals surface area contributed by atoms with Crippen LogP contribution >= 0.6 is 0 Å². The number of rotatable bonds is 1. The van der Waals surface area contributed by atoms with Gasteiger partial charge in [-0.05, 0) is 12.1 Å². The van der Waals surface area contributed by atoms with Crippen molar-refractivity contribution in [2.75, 3.05) is 7.11 Å². The predicted octanol–water partition coefficient (Wildman–Crippen LogP) is 3.38. The molecule has 1 aromatic rings. The molecule has 20 heavy (non-hydrogen) atoms. The molecule has 0 atom stereocenters. The van der Waals surface area contributed by atoms with Crippen molar-refractivity contribution in [1.29, 1.82) is 5.26 Å². The van der Waals surface area contributed by atoms with E-state index in [-0.39, 0.29) is 12.1 Å². The minimum absolute atomic E-state index is 0.0188. The minimum atomic E-state index is -5.10. The maximum absolute atomic E-state index is 12.7. The standard InChI is InChI=1S/C11H5F6NO2/c1-20-9(19)6-3-7(10(12,13)14)5(4-18)2-8(6)11(15,16)17/h2-3H,1H3. The van der Waals surface area contributed by atoms with Gasteiger partial charge in [-0.3, -0.25) is 0 Å². The Hall–Kier alpha value is -2.24. The van der Waals surface area contributed by atoms with Crippen molar-refractivity contribution >= 4 is 5.97 Å². The molecule has 0 aliphatic heterocycles. The molecule has 0 amide bonds. The minimum Gasteiger partial charge on any atom is -0.465 e. The van der Waals surface area contributed by atoms with E-state index in [1.54, 1.807) is 0 Å². The van der Waals surface area contributed by atoms with Gasteiger partial charge < -0.3 is 4.74 Å². The molecule has 108 valence electrons. The van der Waals surface area contributed by atoms with Gasteiger partial charge in [-0.1, -0.05) is 0 Å². The Labute approximate surface area is 108 Å². The molecule has 1 aromatic carbocycles. The van der Waals surface area contributed by atoms with Gasteiger partial charge >= 0.3 is 18.3 Å². The Morgan fingerprint density at radius 2 is 1.60 bits per heavy atom. The number of benzene rings is 1. The Morgan fingerprint density at radius 3 is 1.95 bits per heavy atom. The highest BCUT2D eigenvalue weighted by Gasteiger charge is 2.41. The van der Waals surface area contributed by atoms with Crippen molar-refractivity contribution in [3.05, 3.63) is 34.4 Å². The Kier molecular flexibility index (Phi) is 3.98. The highest BCUT2D eigenvalue weighted by Crippen LogP contribution is 2.38. The van der Waals surface area contributed by atoms with Crippen LogP contribution in [0.15, 0.2) is 12.1 Å². The second kappa shape index (κ2) is 5.03. The van der Waals surface area contributed by atoms with Gasteiger partial charge in [0.1, 0.15) is 0 Å². The first-order valence-electron chi connectivity index (χ1n) is 4.83. The third-order valence-electron chi connectivity index (χ3n) is 2.29. The van der Waals surface area contributed by atoms with Crippen molar-refractivity contribution < 1.29 is 35.9 Å². The average molecular weight is 297 g/mol. The lowest BCUT2D eigenvalue weighted by Gasteiger charge is -2.15. The number of methoxy groups -OCH3 is 1. The number of halogens is 6. The second-order valence-electron chi connectivity index (χ2n) is 3.54. The molecule has 3 nitrogen and oxygen atoms in total. The van der Waals surface area contributed by atoms with Gasteiger partial charge in [0.15, 0.2) is 0 Å². The van der Waals surface area contributed by atoms with Crippen molar-refractivity contribution in [2.24, 2.45) is 0 Å². The summed E-state index contributed by atoms with van der Waals surface area (Å²) in [5, 5.41) is 8.53. The summed E-state index contributed by atoms with van der Waals surface area (Å²) in [6.45, 7) is 0. The van der Waals surface area contributed by atoms with Crippen molar-refractivity contribution in [1.82, 2.24) is 0 Å². The molecular formula is C11H5F6NO2. The van der Waals surface area contributed by atoms with Crippen LogP contribution in [0, 0.1) is 11.3 Å².